The van der Waals surface area contributed by atoms with Gasteiger partial charge in [-0.1, -0.05) is 0 Å². The lowest BCUT2D eigenvalue weighted by Crippen LogP contribution is -2.38. The first-order valence-electron chi connectivity index (χ1n) is 6.69. The number of hydrogen-bond donors (Lipinski definition) is 2. The van der Waals surface area contributed by atoms with E-state index in [9.17, 15) is 23.2 Å². The normalized spacial score (nSPS) is 10.0. The van der Waals surface area contributed by atoms with Crippen LogP contribution in [-0.2, 0) is 19.1 Å². The van der Waals surface area contributed by atoms with E-state index in [0.717, 1.165) is 30.0 Å². The van der Waals surface area contributed by atoms with Crippen molar-refractivity contribution >= 4 is 29.5 Å². The van der Waals surface area contributed by atoms with Crippen molar-refractivity contribution in [3.63, 3.8) is 0 Å². The van der Waals surface area contributed by atoms with E-state index in [4.69, 9.17) is 0 Å². The van der Waals surface area contributed by atoms with Crippen LogP contribution in [0.25, 0.3) is 0 Å². The van der Waals surface area contributed by atoms with Gasteiger partial charge >= 0.3 is 5.97 Å². The van der Waals surface area contributed by atoms with E-state index in [0.29, 0.717) is 6.54 Å². The lowest BCUT2D eigenvalue weighted by molar-refractivity contribution is -0.146. The van der Waals surface area contributed by atoms with Gasteiger partial charge in [-0.2, -0.15) is 0 Å². The Morgan fingerprint density at radius 1 is 1.17 bits per heavy atom. The maximum atomic E-state index is 13.3. The van der Waals surface area contributed by atoms with Gasteiger partial charge in [0, 0.05) is 11.4 Å². The van der Waals surface area contributed by atoms with E-state index >= 15 is 0 Å². The number of carbonyl (C=O) groups is 3. The number of benzene rings is 1. The molecule has 0 unspecified atom stereocenters. The molecule has 0 heterocycles. The van der Waals surface area contributed by atoms with Crippen molar-refractivity contribution in [2.24, 2.45) is 0 Å². The summed E-state index contributed by atoms with van der Waals surface area (Å²) in [4.78, 5) is 33.9. The third-order valence-electron chi connectivity index (χ3n) is 2.42. The lowest BCUT2D eigenvalue weighted by atomic mass is 10.3. The fourth-order valence-corrected chi connectivity index (χ4v) is 2.16. The highest BCUT2D eigenvalue weighted by molar-refractivity contribution is 8.00. The molecule has 0 bridgehead atoms. The van der Waals surface area contributed by atoms with Crippen LogP contribution in [-0.4, -0.2) is 43.2 Å². The molecule has 0 spiro atoms. The van der Waals surface area contributed by atoms with E-state index in [2.05, 4.69) is 15.4 Å². The standard InChI is InChI=1S/C14H16F2N2O4S/c1-2-17-12(19)6-18-13(20)7-22-14(21)8-23-11-5-9(15)3-4-10(11)16/h3-5H,2,6-8H2,1H3,(H,17,19)(H,18,20). The van der Waals surface area contributed by atoms with Crippen molar-refractivity contribution in [2.75, 3.05) is 25.4 Å². The molecule has 0 atom stereocenters. The van der Waals surface area contributed by atoms with Gasteiger partial charge in [0.1, 0.15) is 11.6 Å². The topological polar surface area (TPSA) is 84.5 Å². The first-order chi connectivity index (χ1) is 10.9. The molecule has 0 aliphatic heterocycles. The van der Waals surface area contributed by atoms with E-state index < -0.39 is 30.1 Å². The van der Waals surface area contributed by atoms with Crippen LogP contribution >= 0.6 is 11.8 Å². The van der Waals surface area contributed by atoms with Crippen molar-refractivity contribution < 1.29 is 27.9 Å². The number of amides is 2. The monoisotopic (exact) mass is 346 g/mol. The zero-order valence-electron chi connectivity index (χ0n) is 12.4. The van der Waals surface area contributed by atoms with Crippen LogP contribution in [0.4, 0.5) is 8.78 Å². The first-order valence-corrected chi connectivity index (χ1v) is 7.67. The van der Waals surface area contributed by atoms with Gasteiger partial charge in [-0.3, -0.25) is 14.4 Å². The molecule has 0 aromatic heterocycles. The molecule has 1 aromatic rings. The van der Waals surface area contributed by atoms with Gasteiger partial charge in [0.05, 0.1) is 12.3 Å². The molecule has 0 saturated heterocycles. The van der Waals surface area contributed by atoms with Crippen LogP contribution in [0.5, 0.6) is 0 Å². The van der Waals surface area contributed by atoms with E-state index in [1.807, 2.05) is 0 Å². The summed E-state index contributed by atoms with van der Waals surface area (Å²) in [5.74, 6) is -3.29. The number of carbonyl (C=O) groups excluding carboxylic acids is 3. The van der Waals surface area contributed by atoms with Crippen LogP contribution < -0.4 is 10.6 Å². The van der Waals surface area contributed by atoms with Crippen molar-refractivity contribution in [3.05, 3.63) is 29.8 Å². The quantitative estimate of drug-likeness (QED) is 0.539. The second-order valence-corrected chi connectivity index (χ2v) is 5.27. The maximum Gasteiger partial charge on any atom is 0.316 e. The molecule has 9 heteroatoms. The van der Waals surface area contributed by atoms with Gasteiger partial charge in [0.15, 0.2) is 6.61 Å². The molecular formula is C14H16F2N2O4S. The molecule has 0 fully saturated rings. The van der Waals surface area contributed by atoms with Gasteiger partial charge in [-0.25, -0.2) is 8.78 Å². The summed E-state index contributed by atoms with van der Waals surface area (Å²) in [6.07, 6.45) is 0. The lowest BCUT2D eigenvalue weighted by Gasteiger charge is -2.07. The predicted octanol–water partition coefficient (Wildman–Crippen LogP) is 0.852. The van der Waals surface area contributed by atoms with Gasteiger partial charge in [0.2, 0.25) is 5.91 Å². The Balaban J connectivity index is 2.27. The summed E-state index contributed by atoms with van der Waals surface area (Å²) in [5, 5.41) is 4.75. The van der Waals surface area contributed by atoms with Crippen molar-refractivity contribution in [3.8, 4) is 0 Å². The average molecular weight is 346 g/mol. The minimum Gasteiger partial charge on any atom is -0.455 e. The number of thioether (sulfide) groups is 1. The van der Waals surface area contributed by atoms with E-state index in [-0.39, 0.29) is 23.1 Å². The molecule has 126 valence electrons. The van der Waals surface area contributed by atoms with Gasteiger partial charge in [0.25, 0.3) is 5.91 Å². The largest absolute Gasteiger partial charge is 0.455 e. The number of rotatable bonds is 8. The van der Waals surface area contributed by atoms with Crippen LogP contribution in [0.15, 0.2) is 23.1 Å². The number of hydrogen-bond acceptors (Lipinski definition) is 5. The molecule has 6 nitrogen and oxygen atoms in total. The second-order valence-electron chi connectivity index (χ2n) is 4.25. The molecule has 2 amide bonds. The van der Waals surface area contributed by atoms with Gasteiger partial charge in [-0.05, 0) is 25.1 Å². The van der Waals surface area contributed by atoms with Crippen LogP contribution in [0.2, 0.25) is 0 Å². The second kappa shape index (κ2) is 9.78. The molecule has 0 aliphatic rings. The van der Waals surface area contributed by atoms with Crippen molar-refractivity contribution in [1.29, 1.82) is 0 Å². The minimum absolute atomic E-state index is 0.0253. The van der Waals surface area contributed by atoms with Crippen molar-refractivity contribution in [2.45, 2.75) is 11.8 Å². The third-order valence-corrected chi connectivity index (χ3v) is 3.43. The fraction of sp³-hybridized carbons (Fsp3) is 0.357. The predicted molar refractivity (Wildman–Crippen MR) is 79.7 cm³/mol. The minimum atomic E-state index is -0.758. The SMILES string of the molecule is CCNC(=O)CNC(=O)COC(=O)CSc1cc(F)ccc1F. The molecule has 0 radical (unpaired) electrons. The molecule has 23 heavy (non-hydrogen) atoms. The van der Waals surface area contributed by atoms with Crippen LogP contribution in [0, 0.1) is 11.6 Å². The summed E-state index contributed by atoms with van der Waals surface area (Å²) in [7, 11) is 0. The van der Waals surface area contributed by atoms with Gasteiger partial charge < -0.3 is 15.4 Å². The molecule has 1 rings (SSSR count). The molecule has 1 aromatic carbocycles. The smallest absolute Gasteiger partial charge is 0.316 e. The number of esters is 1. The Bertz CT molecular complexity index is 584. The Labute approximate surface area is 136 Å². The van der Waals surface area contributed by atoms with E-state index in [1.165, 1.54) is 0 Å². The first kappa shape index (κ1) is 18.9. The van der Waals surface area contributed by atoms with Crippen LogP contribution in [0.1, 0.15) is 6.92 Å². The Morgan fingerprint density at radius 3 is 2.61 bits per heavy atom. The van der Waals surface area contributed by atoms with Gasteiger partial charge in [-0.15, -0.1) is 11.8 Å². The highest BCUT2D eigenvalue weighted by atomic mass is 32.2. The third kappa shape index (κ3) is 7.59. The molecule has 0 aliphatic carbocycles. The molecular weight excluding hydrogens is 330 g/mol. The number of halogens is 2. The fourth-order valence-electron chi connectivity index (χ4n) is 1.40. The highest BCUT2D eigenvalue weighted by Crippen LogP contribution is 2.22. The molecule has 0 saturated carbocycles. The number of nitrogens with one attached hydrogen (secondary N) is 2. The summed E-state index contributed by atoms with van der Waals surface area (Å²) >= 11 is 0.760. The average Bonchev–Trinajstić information content (AvgIpc) is 2.52. The number of ether oxygens (including phenoxy) is 1. The Hall–Kier alpha value is -2.16. The van der Waals surface area contributed by atoms with E-state index in [1.54, 1.807) is 6.92 Å². The summed E-state index contributed by atoms with van der Waals surface area (Å²) in [5.41, 5.74) is 0. The highest BCUT2D eigenvalue weighted by Gasteiger charge is 2.11. The molecule has 2 N–H and O–H groups in total. The van der Waals surface area contributed by atoms with Crippen LogP contribution in [0.3, 0.4) is 0 Å². The Kier molecular flexibility index (Phi) is 8.03. The van der Waals surface area contributed by atoms with Crippen molar-refractivity contribution in [1.82, 2.24) is 10.6 Å². The summed E-state index contributed by atoms with van der Waals surface area (Å²) in [6, 6.07) is 2.89. The summed E-state index contributed by atoms with van der Waals surface area (Å²) in [6.45, 7) is 1.41. The number of likely N-dealkylation sites (N-methyl/N-ethyl adjacent to an activating group) is 1. The Morgan fingerprint density at radius 2 is 1.91 bits per heavy atom. The maximum absolute atomic E-state index is 13.3. The summed E-state index contributed by atoms with van der Waals surface area (Å²) < 4.78 is 30.9. The zero-order chi connectivity index (χ0) is 17.2. The zero-order valence-corrected chi connectivity index (χ0v) is 13.2.